The van der Waals surface area contributed by atoms with E-state index in [0.717, 1.165) is 0 Å². The van der Waals surface area contributed by atoms with Gasteiger partial charge in [-0.15, -0.1) is 0 Å². The fourth-order valence-electron chi connectivity index (χ4n) is 0.714. The average molecular weight is 187 g/mol. The molecule has 72 valence electrons. The zero-order valence-corrected chi connectivity index (χ0v) is 6.66. The molecule has 0 fully saturated rings. The van der Waals surface area contributed by atoms with Gasteiger partial charge in [0.25, 0.3) is 0 Å². The molecule has 1 aromatic rings. The van der Waals surface area contributed by atoms with E-state index in [1.807, 2.05) is 5.43 Å². The Morgan fingerprint density at radius 2 is 2.46 bits per heavy atom. The molecule has 8 heteroatoms. The number of urea groups is 1. The normalized spacial score (nSPS) is 9.62. The van der Waals surface area contributed by atoms with Gasteiger partial charge < -0.3 is 5.32 Å². The first kappa shape index (κ1) is 9.26. The van der Waals surface area contributed by atoms with Gasteiger partial charge in [-0.25, -0.2) is 15.4 Å². The number of hydrazine groups is 1. The van der Waals surface area contributed by atoms with Gasteiger partial charge in [0.15, 0.2) is 5.82 Å². The Morgan fingerprint density at radius 3 is 3.00 bits per heavy atom. The number of aromatic amines is 1. The summed E-state index contributed by atoms with van der Waals surface area (Å²) in [4.78, 5) is 23.3. The van der Waals surface area contributed by atoms with Crippen molar-refractivity contribution in [2.24, 2.45) is 5.84 Å². The first-order valence-electron chi connectivity index (χ1n) is 3.51. The highest BCUT2D eigenvalue weighted by atomic mass is 16.5. The van der Waals surface area contributed by atoms with E-state index in [9.17, 15) is 9.59 Å². The van der Waals surface area contributed by atoms with E-state index in [-0.39, 0.29) is 0 Å². The highest BCUT2D eigenvalue weighted by molar-refractivity contribution is 5.72. The van der Waals surface area contributed by atoms with Crippen LogP contribution in [-0.4, -0.2) is 22.7 Å². The predicted octanol–water partition coefficient (Wildman–Crippen LogP) is -1.92. The third-order valence-electron chi connectivity index (χ3n) is 1.26. The molecule has 0 saturated heterocycles. The lowest BCUT2D eigenvalue weighted by molar-refractivity contribution is 0.241. The third kappa shape index (κ3) is 2.95. The lowest BCUT2D eigenvalue weighted by Gasteiger charge is -2.00. The Labute approximate surface area is 72.4 Å². The standard InChI is InChI=1S/C5H9N5O3/c6-9-4(11)7-2-1-3-8-5(12)13-10-3/h1-2,6H2,(H2,7,9,11)(H,8,10,12). The average Bonchev–Trinajstić information content (AvgIpc) is 2.51. The Balaban J connectivity index is 2.28. The van der Waals surface area contributed by atoms with E-state index in [0.29, 0.717) is 18.8 Å². The van der Waals surface area contributed by atoms with E-state index in [4.69, 9.17) is 5.84 Å². The van der Waals surface area contributed by atoms with Gasteiger partial charge in [0.1, 0.15) is 0 Å². The summed E-state index contributed by atoms with van der Waals surface area (Å²) in [5.74, 6) is 4.57. The quantitative estimate of drug-likeness (QED) is 0.249. The smallest absolute Gasteiger partial charge is 0.337 e. The molecule has 0 unspecified atom stereocenters. The zero-order valence-electron chi connectivity index (χ0n) is 6.66. The molecule has 0 bridgehead atoms. The predicted molar refractivity (Wildman–Crippen MR) is 41.5 cm³/mol. The van der Waals surface area contributed by atoms with Crippen molar-refractivity contribution >= 4 is 6.03 Å². The van der Waals surface area contributed by atoms with E-state index < -0.39 is 11.8 Å². The van der Waals surface area contributed by atoms with Crippen molar-refractivity contribution in [2.45, 2.75) is 6.42 Å². The SMILES string of the molecule is NNC(=O)NCCc1noc(=O)[nH]1. The van der Waals surface area contributed by atoms with E-state index in [1.165, 1.54) is 0 Å². The van der Waals surface area contributed by atoms with Gasteiger partial charge in [-0.3, -0.25) is 14.9 Å². The second-order valence-electron chi connectivity index (χ2n) is 2.19. The van der Waals surface area contributed by atoms with E-state index in [2.05, 4.69) is 20.0 Å². The van der Waals surface area contributed by atoms with Crippen LogP contribution in [0.3, 0.4) is 0 Å². The second kappa shape index (κ2) is 4.26. The van der Waals surface area contributed by atoms with Crippen molar-refractivity contribution in [3.63, 3.8) is 0 Å². The summed E-state index contributed by atoms with van der Waals surface area (Å²) >= 11 is 0. The Kier molecular flexibility index (Phi) is 3.03. The minimum absolute atomic E-state index is 0.311. The molecule has 2 amide bonds. The molecule has 13 heavy (non-hydrogen) atoms. The Morgan fingerprint density at radius 1 is 1.69 bits per heavy atom. The molecule has 0 atom stereocenters. The molecule has 1 aromatic heterocycles. The number of hydrogen-bond donors (Lipinski definition) is 4. The van der Waals surface area contributed by atoms with Gasteiger partial charge in [0.05, 0.1) is 0 Å². The molecule has 0 saturated carbocycles. The zero-order chi connectivity index (χ0) is 9.68. The number of hydrogen-bond acceptors (Lipinski definition) is 5. The summed E-state index contributed by atoms with van der Waals surface area (Å²) in [6.07, 6.45) is 0.374. The molecule has 8 nitrogen and oxygen atoms in total. The summed E-state index contributed by atoms with van der Waals surface area (Å²) in [6.45, 7) is 0.311. The number of carbonyl (C=O) groups is 1. The fraction of sp³-hybridized carbons (Fsp3) is 0.400. The number of aromatic nitrogens is 2. The summed E-state index contributed by atoms with van der Waals surface area (Å²) in [5, 5.41) is 5.80. The number of H-pyrrole nitrogens is 1. The Hall–Kier alpha value is -1.83. The lowest BCUT2D eigenvalue weighted by atomic mass is 10.4. The lowest BCUT2D eigenvalue weighted by Crippen LogP contribution is -2.40. The van der Waals surface area contributed by atoms with Crippen LogP contribution >= 0.6 is 0 Å². The first-order valence-corrected chi connectivity index (χ1v) is 3.51. The topological polar surface area (TPSA) is 126 Å². The third-order valence-corrected chi connectivity index (χ3v) is 1.26. The molecule has 1 rings (SSSR count). The highest BCUT2D eigenvalue weighted by Crippen LogP contribution is 1.83. The van der Waals surface area contributed by atoms with Gasteiger partial charge in [0.2, 0.25) is 0 Å². The molecule has 0 radical (unpaired) electrons. The van der Waals surface area contributed by atoms with E-state index in [1.54, 1.807) is 0 Å². The van der Waals surface area contributed by atoms with Crippen LogP contribution in [0.1, 0.15) is 5.82 Å². The largest absolute Gasteiger partial charge is 0.438 e. The maximum atomic E-state index is 10.5. The summed E-state index contributed by atoms with van der Waals surface area (Å²) in [7, 11) is 0. The van der Waals surface area contributed by atoms with Crippen LogP contribution < -0.4 is 22.3 Å². The maximum absolute atomic E-state index is 10.5. The van der Waals surface area contributed by atoms with Gasteiger partial charge in [-0.05, 0) is 0 Å². The number of amides is 2. The summed E-state index contributed by atoms with van der Waals surface area (Å²) in [6, 6.07) is -0.495. The molecular formula is C5H9N5O3. The minimum Gasteiger partial charge on any atom is -0.337 e. The van der Waals surface area contributed by atoms with Crippen LogP contribution in [0.2, 0.25) is 0 Å². The van der Waals surface area contributed by atoms with Crippen molar-refractivity contribution in [2.75, 3.05) is 6.54 Å². The highest BCUT2D eigenvalue weighted by Gasteiger charge is 2.00. The number of nitrogens with two attached hydrogens (primary N) is 1. The first-order chi connectivity index (χ1) is 6.22. The fourth-order valence-corrected chi connectivity index (χ4v) is 0.714. The number of nitrogens with zero attached hydrogens (tertiary/aromatic N) is 1. The number of rotatable bonds is 3. The van der Waals surface area contributed by atoms with Crippen molar-refractivity contribution in [3.05, 3.63) is 16.4 Å². The van der Waals surface area contributed by atoms with Crippen LogP contribution in [-0.2, 0) is 6.42 Å². The number of carbonyl (C=O) groups excluding carboxylic acids is 1. The Bertz CT molecular complexity index is 329. The molecule has 0 aliphatic heterocycles. The molecule has 0 aliphatic carbocycles. The van der Waals surface area contributed by atoms with Gasteiger partial charge >= 0.3 is 11.8 Å². The van der Waals surface area contributed by atoms with Gasteiger partial charge in [-0.2, -0.15) is 0 Å². The molecule has 0 spiro atoms. The van der Waals surface area contributed by atoms with Crippen LogP contribution in [0, 0.1) is 0 Å². The molecule has 0 aliphatic rings. The van der Waals surface area contributed by atoms with Crippen LogP contribution in [0.4, 0.5) is 4.79 Å². The van der Waals surface area contributed by atoms with Crippen molar-refractivity contribution in [3.8, 4) is 0 Å². The van der Waals surface area contributed by atoms with Gasteiger partial charge in [-0.1, -0.05) is 5.16 Å². The van der Waals surface area contributed by atoms with Crippen LogP contribution in [0.15, 0.2) is 9.32 Å². The second-order valence-corrected chi connectivity index (χ2v) is 2.19. The van der Waals surface area contributed by atoms with Crippen LogP contribution in [0.5, 0.6) is 0 Å². The molecular weight excluding hydrogens is 178 g/mol. The van der Waals surface area contributed by atoms with Crippen molar-refractivity contribution in [1.82, 2.24) is 20.9 Å². The van der Waals surface area contributed by atoms with Gasteiger partial charge in [0, 0.05) is 13.0 Å². The molecule has 1 heterocycles. The molecule has 5 N–H and O–H groups in total. The monoisotopic (exact) mass is 187 g/mol. The van der Waals surface area contributed by atoms with Crippen LogP contribution in [0.25, 0.3) is 0 Å². The number of nitrogens with one attached hydrogen (secondary N) is 3. The molecule has 0 aromatic carbocycles. The minimum atomic E-state index is -0.613. The summed E-state index contributed by atoms with van der Waals surface area (Å²) < 4.78 is 4.23. The van der Waals surface area contributed by atoms with Crippen molar-refractivity contribution in [1.29, 1.82) is 0 Å². The van der Waals surface area contributed by atoms with Crippen molar-refractivity contribution < 1.29 is 9.32 Å². The maximum Gasteiger partial charge on any atom is 0.438 e. The summed E-state index contributed by atoms with van der Waals surface area (Å²) in [5.41, 5.74) is 1.89. The van der Waals surface area contributed by atoms with E-state index >= 15 is 0 Å².